The Kier molecular flexibility index (Phi) is 4.50. The van der Waals surface area contributed by atoms with E-state index in [9.17, 15) is 17.6 Å². The zero-order valence-electron chi connectivity index (χ0n) is 9.51. The monoisotopic (exact) mass is 280 g/mol. The molecule has 0 aromatic heterocycles. The van der Waals surface area contributed by atoms with E-state index in [4.69, 9.17) is 18.0 Å². The number of nitrogens with one attached hydrogen (secondary N) is 1. The molecule has 3 N–H and O–H groups in total. The van der Waals surface area contributed by atoms with Gasteiger partial charge in [-0.3, -0.25) is 0 Å². The van der Waals surface area contributed by atoms with Crippen molar-refractivity contribution in [3.05, 3.63) is 29.3 Å². The van der Waals surface area contributed by atoms with Crippen LogP contribution < -0.4 is 11.1 Å². The summed E-state index contributed by atoms with van der Waals surface area (Å²) in [6.07, 6.45) is -3.69. The van der Waals surface area contributed by atoms with Crippen LogP contribution in [0.3, 0.4) is 0 Å². The fourth-order valence-electron chi connectivity index (χ4n) is 1.35. The molecule has 1 rings (SSSR count). The second-order valence-corrected chi connectivity index (χ2v) is 4.25. The average molecular weight is 280 g/mol. The largest absolute Gasteiger partial charge is 0.389 e. The molecular weight excluding hydrogens is 268 g/mol. The maximum absolute atomic E-state index is 12.7. The first-order chi connectivity index (χ1) is 8.24. The number of nitrogens with two attached hydrogens (primary N) is 1. The van der Waals surface area contributed by atoms with E-state index in [0.29, 0.717) is 16.8 Å². The zero-order chi connectivity index (χ0) is 13.9. The van der Waals surface area contributed by atoms with Gasteiger partial charge in [-0.05, 0) is 30.7 Å². The summed E-state index contributed by atoms with van der Waals surface area (Å²) in [4.78, 5) is 0.192. The van der Waals surface area contributed by atoms with Crippen LogP contribution in [0.25, 0.3) is 0 Å². The van der Waals surface area contributed by atoms with Crippen LogP contribution in [0.2, 0.25) is 0 Å². The number of alkyl halides is 4. The van der Waals surface area contributed by atoms with Gasteiger partial charge in [0.1, 0.15) is 4.99 Å². The highest BCUT2D eigenvalue weighted by Gasteiger charge is 2.40. The van der Waals surface area contributed by atoms with Gasteiger partial charge in [0.15, 0.2) is 0 Å². The third-order valence-corrected chi connectivity index (χ3v) is 2.56. The number of thiocarbonyl (C=S) groups is 1. The summed E-state index contributed by atoms with van der Waals surface area (Å²) in [6, 6.07) is 4.54. The van der Waals surface area contributed by atoms with Gasteiger partial charge in [0.05, 0.1) is 6.54 Å². The molecule has 0 amide bonds. The van der Waals surface area contributed by atoms with E-state index in [1.807, 2.05) is 0 Å². The topological polar surface area (TPSA) is 38.0 Å². The molecule has 0 aliphatic carbocycles. The Labute approximate surface area is 107 Å². The Morgan fingerprint density at radius 1 is 1.44 bits per heavy atom. The predicted molar refractivity (Wildman–Crippen MR) is 66.5 cm³/mol. The maximum atomic E-state index is 12.7. The molecule has 0 fully saturated rings. The van der Waals surface area contributed by atoms with Gasteiger partial charge in [0, 0.05) is 11.3 Å². The minimum absolute atomic E-state index is 0.192. The Morgan fingerprint density at radius 3 is 2.50 bits per heavy atom. The smallest absolute Gasteiger partial charge is 0.324 e. The van der Waals surface area contributed by atoms with Crippen molar-refractivity contribution in [3.8, 4) is 0 Å². The zero-order valence-corrected chi connectivity index (χ0v) is 10.3. The van der Waals surface area contributed by atoms with Crippen LogP contribution in [0.4, 0.5) is 23.2 Å². The first kappa shape index (κ1) is 14.7. The van der Waals surface area contributed by atoms with Crippen molar-refractivity contribution in [2.75, 3.05) is 11.9 Å². The number of hydrogen-bond donors (Lipinski definition) is 2. The number of hydrogen-bond acceptors (Lipinski definition) is 2. The summed E-state index contributed by atoms with van der Waals surface area (Å²) in [5.41, 5.74) is 7.06. The molecule has 1 aromatic carbocycles. The summed E-state index contributed by atoms with van der Waals surface area (Å²) in [6.45, 7) is 0.571. The van der Waals surface area contributed by atoms with Gasteiger partial charge in [-0.25, -0.2) is 8.78 Å². The molecule has 0 bridgehead atoms. The van der Waals surface area contributed by atoms with E-state index < -0.39 is 18.9 Å². The lowest BCUT2D eigenvalue weighted by atomic mass is 10.1. The van der Waals surface area contributed by atoms with E-state index in [1.165, 1.54) is 12.1 Å². The van der Waals surface area contributed by atoms with Crippen LogP contribution >= 0.6 is 12.2 Å². The second-order valence-electron chi connectivity index (χ2n) is 3.81. The number of benzene rings is 1. The van der Waals surface area contributed by atoms with Gasteiger partial charge in [-0.2, -0.15) is 8.78 Å². The summed E-state index contributed by atoms with van der Waals surface area (Å²) >= 11 is 4.79. The predicted octanol–water partition coefficient (Wildman–Crippen LogP) is 2.94. The third kappa shape index (κ3) is 3.56. The van der Waals surface area contributed by atoms with Crippen molar-refractivity contribution >= 4 is 22.9 Å². The minimum atomic E-state index is -4.06. The molecule has 0 heterocycles. The molecule has 0 aliphatic rings. The Hall–Kier alpha value is -1.37. The van der Waals surface area contributed by atoms with Gasteiger partial charge >= 0.3 is 12.3 Å². The van der Waals surface area contributed by atoms with Crippen LogP contribution in [0.5, 0.6) is 0 Å². The average Bonchev–Trinajstić information content (AvgIpc) is 2.25. The van der Waals surface area contributed by atoms with E-state index in [2.05, 4.69) is 5.32 Å². The van der Waals surface area contributed by atoms with Crippen LogP contribution in [0.15, 0.2) is 18.2 Å². The van der Waals surface area contributed by atoms with Gasteiger partial charge < -0.3 is 11.1 Å². The maximum Gasteiger partial charge on any atom is 0.324 e. The van der Waals surface area contributed by atoms with E-state index in [-0.39, 0.29) is 4.99 Å². The summed E-state index contributed by atoms with van der Waals surface area (Å²) in [5.74, 6) is -4.06. The Morgan fingerprint density at radius 2 is 2.06 bits per heavy atom. The standard InChI is InChI=1S/C11H12F4N2S/c1-6-4-7(2-3-8(6)9(16)18)17-5-11(14,15)10(12)13/h2-4,10,17H,5H2,1H3,(H2,16,18). The summed E-state index contributed by atoms with van der Waals surface area (Å²) in [7, 11) is 0. The molecule has 0 atom stereocenters. The molecule has 0 spiro atoms. The van der Waals surface area contributed by atoms with Crippen molar-refractivity contribution < 1.29 is 17.6 Å². The highest BCUT2D eigenvalue weighted by molar-refractivity contribution is 7.80. The van der Waals surface area contributed by atoms with Crippen molar-refractivity contribution in [2.45, 2.75) is 19.3 Å². The van der Waals surface area contributed by atoms with Crippen molar-refractivity contribution in [2.24, 2.45) is 5.73 Å². The first-order valence-corrected chi connectivity index (χ1v) is 5.45. The first-order valence-electron chi connectivity index (χ1n) is 5.04. The Balaban J connectivity index is 2.76. The molecule has 0 radical (unpaired) electrons. The minimum Gasteiger partial charge on any atom is -0.389 e. The fraction of sp³-hybridized carbons (Fsp3) is 0.364. The van der Waals surface area contributed by atoms with Gasteiger partial charge in [-0.1, -0.05) is 12.2 Å². The van der Waals surface area contributed by atoms with Gasteiger partial charge in [0.2, 0.25) is 0 Å². The number of aryl methyl sites for hydroxylation is 1. The van der Waals surface area contributed by atoms with E-state index in [0.717, 1.165) is 0 Å². The van der Waals surface area contributed by atoms with Crippen molar-refractivity contribution in [1.82, 2.24) is 0 Å². The lowest BCUT2D eigenvalue weighted by Gasteiger charge is -2.17. The molecule has 0 saturated heterocycles. The molecule has 0 unspecified atom stereocenters. The van der Waals surface area contributed by atoms with Gasteiger partial charge in [-0.15, -0.1) is 0 Å². The quantitative estimate of drug-likeness (QED) is 0.643. The normalized spacial score (nSPS) is 11.7. The number of anilines is 1. The van der Waals surface area contributed by atoms with E-state index >= 15 is 0 Å². The molecule has 2 nitrogen and oxygen atoms in total. The lowest BCUT2D eigenvalue weighted by molar-refractivity contribution is -0.117. The molecule has 18 heavy (non-hydrogen) atoms. The fourth-order valence-corrected chi connectivity index (χ4v) is 1.58. The highest BCUT2D eigenvalue weighted by Crippen LogP contribution is 2.24. The molecule has 1 aromatic rings. The van der Waals surface area contributed by atoms with Crippen LogP contribution in [-0.4, -0.2) is 23.9 Å². The molecule has 0 aliphatic heterocycles. The molecule has 100 valence electrons. The lowest BCUT2D eigenvalue weighted by Crippen LogP contribution is -2.34. The molecule has 7 heteroatoms. The SMILES string of the molecule is Cc1cc(NCC(F)(F)C(F)F)ccc1C(N)=S. The van der Waals surface area contributed by atoms with Gasteiger partial charge in [0.25, 0.3) is 0 Å². The third-order valence-electron chi connectivity index (χ3n) is 2.34. The van der Waals surface area contributed by atoms with Crippen molar-refractivity contribution in [3.63, 3.8) is 0 Å². The number of rotatable bonds is 5. The summed E-state index contributed by atoms with van der Waals surface area (Å²) in [5, 5.41) is 2.26. The van der Waals surface area contributed by atoms with Crippen molar-refractivity contribution in [1.29, 1.82) is 0 Å². The number of halogens is 4. The second kappa shape index (κ2) is 5.51. The summed E-state index contributed by atoms with van der Waals surface area (Å²) < 4.78 is 49.3. The van der Waals surface area contributed by atoms with Crippen LogP contribution in [-0.2, 0) is 0 Å². The van der Waals surface area contributed by atoms with E-state index in [1.54, 1.807) is 13.0 Å². The Bertz CT molecular complexity index is 449. The van der Waals surface area contributed by atoms with Crippen LogP contribution in [0.1, 0.15) is 11.1 Å². The molecular formula is C11H12F4N2S. The molecule has 0 saturated carbocycles. The highest BCUT2D eigenvalue weighted by atomic mass is 32.1. The van der Waals surface area contributed by atoms with Crippen LogP contribution in [0, 0.1) is 6.92 Å².